The summed E-state index contributed by atoms with van der Waals surface area (Å²) < 4.78 is 1.97. The van der Waals surface area contributed by atoms with Crippen molar-refractivity contribution < 1.29 is 0 Å². The monoisotopic (exact) mass is 380 g/mol. The lowest BCUT2D eigenvalue weighted by atomic mass is 10.2. The molecule has 0 fully saturated rings. The van der Waals surface area contributed by atoms with E-state index in [0.717, 1.165) is 43.8 Å². The lowest BCUT2D eigenvalue weighted by molar-refractivity contribution is 0.852. The number of hydrogen-bond acceptors (Lipinski definition) is 4. The van der Waals surface area contributed by atoms with E-state index < -0.39 is 0 Å². The van der Waals surface area contributed by atoms with Crippen LogP contribution in [0.3, 0.4) is 0 Å². The molecular weight excluding hydrogens is 364 g/mol. The van der Waals surface area contributed by atoms with Gasteiger partial charge < -0.3 is 0 Å². The highest BCUT2D eigenvalue weighted by Crippen LogP contribution is 2.31. The summed E-state index contributed by atoms with van der Waals surface area (Å²) in [4.78, 5) is 0. The predicted molar refractivity (Wildman–Crippen MR) is 107 cm³/mol. The first kappa shape index (κ1) is 17.1. The summed E-state index contributed by atoms with van der Waals surface area (Å²) in [6.07, 6.45) is 0. The first-order valence-electron chi connectivity index (χ1n) is 8.29. The molecule has 4 aromatic rings. The van der Waals surface area contributed by atoms with Gasteiger partial charge >= 0.3 is 0 Å². The second-order valence-electron chi connectivity index (χ2n) is 6.06. The highest BCUT2D eigenvalue weighted by atomic mass is 35.5. The molecule has 0 saturated heterocycles. The molecule has 2 aromatic heterocycles. The number of aryl methyl sites for hydroxylation is 2. The van der Waals surface area contributed by atoms with Crippen LogP contribution in [0.25, 0.3) is 16.6 Å². The molecular formula is C20H17ClN4S. The number of fused-ring (bicyclic) bond motifs is 1. The van der Waals surface area contributed by atoms with Crippen LogP contribution in [-0.2, 0) is 5.75 Å². The van der Waals surface area contributed by atoms with Gasteiger partial charge in [-0.2, -0.15) is 10.2 Å². The molecule has 26 heavy (non-hydrogen) atoms. The molecule has 0 amide bonds. The van der Waals surface area contributed by atoms with E-state index in [4.69, 9.17) is 16.7 Å². The summed E-state index contributed by atoms with van der Waals surface area (Å²) in [5, 5.41) is 16.3. The smallest absolute Gasteiger partial charge is 0.147 e. The fourth-order valence-electron chi connectivity index (χ4n) is 2.95. The number of nitrogens with zero attached hydrogens (tertiary/aromatic N) is 4. The molecule has 0 atom stereocenters. The van der Waals surface area contributed by atoms with Crippen LogP contribution in [0.15, 0.2) is 59.6 Å². The average molecular weight is 381 g/mol. The van der Waals surface area contributed by atoms with Crippen molar-refractivity contribution in [2.45, 2.75) is 24.6 Å². The number of halogens is 1. The van der Waals surface area contributed by atoms with Gasteiger partial charge in [-0.25, -0.2) is 4.68 Å². The molecule has 0 spiro atoms. The number of para-hydroxylation sites is 1. The molecule has 2 heterocycles. The molecule has 0 aliphatic heterocycles. The maximum absolute atomic E-state index is 5.96. The normalized spacial score (nSPS) is 11.2. The Kier molecular flexibility index (Phi) is 4.66. The Bertz CT molecular complexity index is 1060. The number of thioether (sulfide) groups is 1. The van der Waals surface area contributed by atoms with Gasteiger partial charge in [0.2, 0.25) is 0 Å². The Morgan fingerprint density at radius 1 is 0.962 bits per heavy atom. The lowest BCUT2D eigenvalue weighted by Crippen LogP contribution is -1.97. The van der Waals surface area contributed by atoms with Crippen LogP contribution in [0.5, 0.6) is 0 Å². The van der Waals surface area contributed by atoms with Gasteiger partial charge in [0.25, 0.3) is 0 Å². The summed E-state index contributed by atoms with van der Waals surface area (Å²) in [5.41, 5.74) is 5.10. The summed E-state index contributed by atoms with van der Waals surface area (Å²) in [6, 6.07) is 18.0. The lowest BCUT2D eigenvalue weighted by Gasteiger charge is -2.03. The number of rotatable bonds is 4. The predicted octanol–water partition coefficient (Wildman–Crippen LogP) is 5.38. The molecule has 0 bridgehead atoms. The van der Waals surface area contributed by atoms with Crippen molar-refractivity contribution in [3.8, 4) is 5.69 Å². The van der Waals surface area contributed by atoms with Crippen LogP contribution < -0.4 is 0 Å². The van der Waals surface area contributed by atoms with Crippen LogP contribution in [0.2, 0.25) is 5.02 Å². The van der Waals surface area contributed by atoms with E-state index in [9.17, 15) is 0 Å². The molecule has 0 aliphatic rings. The van der Waals surface area contributed by atoms with Crippen molar-refractivity contribution in [3.05, 3.63) is 76.6 Å². The van der Waals surface area contributed by atoms with Crippen LogP contribution in [-0.4, -0.2) is 20.0 Å². The zero-order valence-electron chi connectivity index (χ0n) is 14.5. The highest BCUT2D eigenvalue weighted by molar-refractivity contribution is 7.98. The van der Waals surface area contributed by atoms with E-state index in [1.807, 2.05) is 54.1 Å². The van der Waals surface area contributed by atoms with Gasteiger partial charge in [-0.05, 0) is 43.7 Å². The minimum atomic E-state index is 0.744. The minimum Gasteiger partial charge on any atom is -0.237 e. The minimum absolute atomic E-state index is 0.744. The molecule has 4 nitrogen and oxygen atoms in total. The SMILES string of the molecule is Cc1nnc(SCc2ccc(Cl)cc2)c2nn(-c3ccccc3)c(C)c12. The third-order valence-corrected chi connectivity index (χ3v) is 5.54. The van der Waals surface area contributed by atoms with Crippen LogP contribution in [0.1, 0.15) is 17.0 Å². The largest absolute Gasteiger partial charge is 0.237 e. The van der Waals surface area contributed by atoms with Gasteiger partial charge in [0.1, 0.15) is 10.5 Å². The molecule has 6 heteroatoms. The van der Waals surface area contributed by atoms with Gasteiger partial charge in [0.15, 0.2) is 0 Å². The Labute approximate surface area is 161 Å². The zero-order chi connectivity index (χ0) is 18.1. The Hall–Kier alpha value is -2.37. The molecule has 0 unspecified atom stereocenters. The zero-order valence-corrected chi connectivity index (χ0v) is 16.1. The second kappa shape index (κ2) is 7.09. The van der Waals surface area contributed by atoms with Gasteiger partial charge in [-0.15, -0.1) is 5.10 Å². The van der Waals surface area contributed by atoms with Gasteiger partial charge in [0.05, 0.1) is 17.1 Å². The number of hydrogen-bond donors (Lipinski definition) is 0. The fraction of sp³-hybridized carbons (Fsp3) is 0.150. The third kappa shape index (κ3) is 3.20. The van der Waals surface area contributed by atoms with E-state index in [0.29, 0.717) is 0 Å². The molecule has 2 aromatic carbocycles. The van der Waals surface area contributed by atoms with Crippen molar-refractivity contribution in [1.29, 1.82) is 0 Å². The van der Waals surface area contributed by atoms with Gasteiger partial charge in [-0.1, -0.05) is 53.7 Å². The van der Waals surface area contributed by atoms with E-state index in [1.165, 1.54) is 5.56 Å². The molecule has 130 valence electrons. The standard InChI is InChI=1S/C20H17ClN4S/c1-13-18-14(2)25(17-6-4-3-5-7-17)24-19(18)20(23-22-13)26-12-15-8-10-16(21)11-9-15/h3-11H,12H2,1-2H3. The van der Waals surface area contributed by atoms with Gasteiger partial charge in [-0.3, -0.25) is 0 Å². The summed E-state index contributed by atoms with van der Waals surface area (Å²) in [5.74, 6) is 0.793. The van der Waals surface area contributed by atoms with E-state index >= 15 is 0 Å². The number of benzene rings is 2. The van der Waals surface area contributed by atoms with Crippen molar-refractivity contribution in [2.75, 3.05) is 0 Å². The Morgan fingerprint density at radius 3 is 2.42 bits per heavy atom. The van der Waals surface area contributed by atoms with Gasteiger partial charge in [0, 0.05) is 16.2 Å². The van der Waals surface area contributed by atoms with Crippen LogP contribution >= 0.6 is 23.4 Å². The Balaban J connectivity index is 1.74. The molecule has 0 aliphatic carbocycles. The second-order valence-corrected chi connectivity index (χ2v) is 7.46. The molecule has 0 saturated carbocycles. The third-order valence-electron chi connectivity index (χ3n) is 4.26. The van der Waals surface area contributed by atoms with Crippen molar-refractivity contribution in [1.82, 2.24) is 20.0 Å². The summed E-state index contributed by atoms with van der Waals surface area (Å²) in [7, 11) is 0. The molecule has 4 rings (SSSR count). The maximum atomic E-state index is 5.96. The fourth-order valence-corrected chi connectivity index (χ4v) is 3.95. The molecule has 0 radical (unpaired) electrons. The summed E-state index contributed by atoms with van der Waals surface area (Å²) >= 11 is 7.60. The van der Waals surface area contributed by atoms with Crippen molar-refractivity contribution >= 4 is 34.3 Å². The maximum Gasteiger partial charge on any atom is 0.147 e. The number of aromatic nitrogens is 4. The van der Waals surface area contributed by atoms with E-state index in [2.05, 4.69) is 29.3 Å². The molecule has 0 N–H and O–H groups in total. The van der Waals surface area contributed by atoms with Crippen LogP contribution in [0, 0.1) is 13.8 Å². The van der Waals surface area contributed by atoms with E-state index in [-0.39, 0.29) is 0 Å². The van der Waals surface area contributed by atoms with Crippen LogP contribution in [0.4, 0.5) is 0 Å². The van der Waals surface area contributed by atoms with Crippen molar-refractivity contribution in [3.63, 3.8) is 0 Å². The average Bonchev–Trinajstić information content (AvgIpc) is 3.02. The van der Waals surface area contributed by atoms with E-state index in [1.54, 1.807) is 11.8 Å². The summed E-state index contributed by atoms with van der Waals surface area (Å²) in [6.45, 7) is 4.05. The first-order chi connectivity index (χ1) is 12.6. The topological polar surface area (TPSA) is 43.6 Å². The highest BCUT2D eigenvalue weighted by Gasteiger charge is 2.17. The Morgan fingerprint density at radius 2 is 1.69 bits per heavy atom. The quantitative estimate of drug-likeness (QED) is 0.446. The van der Waals surface area contributed by atoms with Crippen molar-refractivity contribution in [2.24, 2.45) is 0 Å². The first-order valence-corrected chi connectivity index (χ1v) is 9.65.